The predicted octanol–water partition coefficient (Wildman–Crippen LogP) is 6.23. The smallest absolute Gasteiger partial charge is 0.162 e. The lowest BCUT2D eigenvalue weighted by atomic mass is 9.87. The molecule has 1 heterocycles. The van der Waals surface area contributed by atoms with E-state index >= 15 is 0 Å². The minimum atomic E-state index is 0.278. The first-order valence-corrected chi connectivity index (χ1v) is 10.1. The largest absolute Gasteiger partial charge is 0.493 e. The maximum absolute atomic E-state index is 6.31. The van der Waals surface area contributed by atoms with E-state index in [0.717, 1.165) is 29.9 Å². The van der Waals surface area contributed by atoms with Crippen LogP contribution in [0.25, 0.3) is 11.1 Å². The number of hydrogen-bond donors (Lipinski definition) is 0. The first-order chi connectivity index (χ1) is 13.8. The van der Waals surface area contributed by atoms with Gasteiger partial charge in [0.1, 0.15) is 0 Å². The van der Waals surface area contributed by atoms with Crippen molar-refractivity contribution in [2.75, 3.05) is 7.11 Å². The van der Waals surface area contributed by atoms with Gasteiger partial charge in [0.15, 0.2) is 11.5 Å². The van der Waals surface area contributed by atoms with Gasteiger partial charge in [-0.3, -0.25) is 4.98 Å². The van der Waals surface area contributed by atoms with Crippen LogP contribution in [0.2, 0.25) is 0 Å². The Morgan fingerprint density at radius 1 is 0.929 bits per heavy atom. The molecule has 1 atom stereocenters. The monoisotopic (exact) mass is 373 g/mol. The van der Waals surface area contributed by atoms with Gasteiger partial charge in [-0.15, -0.1) is 0 Å². The molecule has 3 nitrogen and oxygen atoms in total. The molecular weight excluding hydrogens is 346 g/mol. The Bertz CT molecular complexity index is 917. The number of benzene rings is 2. The summed E-state index contributed by atoms with van der Waals surface area (Å²) >= 11 is 0. The maximum atomic E-state index is 6.31. The van der Waals surface area contributed by atoms with Crippen LogP contribution in [-0.4, -0.2) is 18.2 Å². The number of rotatable bonds is 6. The molecule has 0 aliphatic heterocycles. The molecule has 1 fully saturated rings. The predicted molar refractivity (Wildman–Crippen MR) is 113 cm³/mol. The molecular formula is C25H27NO2. The van der Waals surface area contributed by atoms with Gasteiger partial charge < -0.3 is 9.47 Å². The van der Waals surface area contributed by atoms with Crippen LogP contribution in [0.4, 0.5) is 0 Å². The van der Waals surface area contributed by atoms with Crippen LogP contribution in [0, 0.1) is 0 Å². The summed E-state index contributed by atoms with van der Waals surface area (Å²) < 4.78 is 11.9. The lowest BCUT2D eigenvalue weighted by molar-refractivity contribution is 0.201. The summed E-state index contributed by atoms with van der Waals surface area (Å²) in [6, 6.07) is 19.1. The molecule has 1 saturated carbocycles. The zero-order valence-corrected chi connectivity index (χ0v) is 16.6. The average Bonchev–Trinajstić information content (AvgIpc) is 3.27. The van der Waals surface area contributed by atoms with Crippen molar-refractivity contribution in [3.8, 4) is 22.6 Å². The highest BCUT2D eigenvalue weighted by Gasteiger charge is 2.20. The van der Waals surface area contributed by atoms with E-state index in [1.807, 2.05) is 18.5 Å². The van der Waals surface area contributed by atoms with E-state index < -0.39 is 0 Å². The Hall–Kier alpha value is -2.81. The normalized spacial score (nSPS) is 15.4. The van der Waals surface area contributed by atoms with Crippen molar-refractivity contribution in [1.82, 2.24) is 4.98 Å². The first kappa shape index (κ1) is 18.5. The fourth-order valence-electron chi connectivity index (χ4n) is 4.09. The fraction of sp³-hybridized carbons (Fsp3) is 0.320. The fourth-order valence-corrected chi connectivity index (χ4v) is 4.09. The second kappa shape index (κ2) is 8.47. The quantitative estimate of drug-likeness (QED) is 0.513. The average molecular weight is 373 g/mol. The summed E-state index contributed by atoms with van der Waals surface area (Å²) in [4.78, 5) is 4.15. The van der Waals surface area contributed by atoms with Crippen molar-refractivity contribution < 1.29 is 9.47 Å². The lowest BCUT2D eigenvalue weighted by Crippen LogP contribution is -2.11. The van der Waals surface area contributed by atoms with E-state index in [1.54, 1.807) is 7.11 Å². The van der Waals surface area contributed by atoms with Crippen LogP contribution in [0.3, 0.4) is 0 Å². The molecule has 4 rings (SSSR count). The summed E-state index contributed by atoms with van der Waals surface area (Å²) in [6.07, 6.45) is 8.77. The maximum Gasteiger partial charge on any atom is 0.162 e. The third-order valence-corrected chi connectivity index (χ3v) is 5.70. The van der Waals surface area contributed by atoms with Crippen molar-refractivity contribution in [2.24, 2.45) is 0 Å². The van der Waals surface area contributed by atoms with Gasteiger partial charge in [-0.05, 0) is 72.2 Å². The van der Waals surface area contributed by atoms with Crippen LogP contribution in [0.5, 0.6) is 11.5 Å². The van der Waals surface area contributed by atoms with E-state index in [-0.39, 0.29) is 5.92 Å². The van der Waals surface area contributed by atoms with Gasteiger partial charge in [0.05, 0.1) is 13.2 Å². The molecule has 0 amide bonds. The Kier molecular flexibility index (Phi) is 5.61. The number of aromatic nitrogens is 1. The van der Waals surface area contributed by atoms with Gasteiger partial charge in [0, 0.05) is 18.3 Å². The number of methoxy groups -OCH3 is 1. The summed E-state index contributed by atoms with van der Waals surface area (Å²) in [6.45, 7) is 2.24. The summed E-state index contributed by atoms with van der Waals surface area (Å²) in [7, 11) is 1.70. The van der Waals surface area contributed by atoms with Gasteiger partial charge in [0.2, 0.25) is 0 Å². The van der Waals surface area contributed by atoms with Gasteiger partial charge in [-0.1, -0.05) is 37.3 Å². The molecule has 0 saturated heterocycles. The van der Waals surface area contributed by atoms with E-state index in [4.69, 9.17) is 9.47 Å². The molecule has 0 radical (unpaired) electrons. The minimum absolute atomic E-state index is 0.278. The summed E-state index contributed by atoms with van der Waals surface area (Å²) in [5, 5.41) is 0. The zero-order chi connectivity index (χ0) is 19.3. The van der Waals surface area contributed by atoms with E-state index in [0.29, 0.717) is 6.10 Å². The van der Waals surface area contributed by atoms with Crippen LogP contribution in [0.15, 0.2) is 67.0 Å². The van der Waals surface area contributed by atoms with E-state index in [1.165, 1.54) is 29.5 Å². The number of pyridine rings is 1. The van der Waals surface area contributed by atoms with Gasteiger partial charge in [-0.25, -0.2) is 0 Å². The SMILES string of the molecule is COc1ccc(-c2ccccc2C(C)c2ccncc2)cc1OC1CCCC1. The molecule has 0 N–H and O–H groups in total. The highest BCUT2D eigenvalue weighted by molar-refractivity contribution is 5.71. The molecule has 3 aromatic rings. The van der Waals surface area contributed by atoms with Gasteiger partial charge >= 0.3 is 0 Å². The molecule has 1 aliphatic rings. The number of hydrogen-bond acceptors (Lipinski definition) is 3. The van der Waals surface area contributed by atoms with Crippen LogP contribution in [-0.2, 0) is 0 Å². The second-order valence-corrected chi connectivity index (χ2v) is 7.48. The second-order valence-electron chi connectivity index (χ2n) is 7.48. The van der Waals surface area contributed by atoms with Crippen LogP contribution in [0.1, 0.15) is 49.7 Å². The van der Waals surface area contributed by atoms with E-state index in [2.05, 4.69) is 60.4 Å². The van der Waals surface area contributed by atoms with Crippen molar-refractivity contribution in [3.63, 3.8) is 0 Å². The molecule has 1 unspecified atom stereocenters. The van der Waals surface area contributed by atoms with Crippen molar-refractivity contribution in [1.29, 1.82) is 0 Å². The first-order valence-electron chi connectivity index (χ1n) is 10.1. The van der Waals surface area contributed by atoms with Crippen molar-refractivity contribution in [3.05, 3.63) is 78.1 Å². The Morgan fingerprint density at radius 2 is 1.68 bits per heavy atom. The summed E-state index contributed by atoms with van der Waals surface area (Å²) in [5.41, 5.74) is 4.94. The Labute approximate surface area is 167 Å². The number of ether oxygens (including phenoxy) is 2. The molecule has 3 heteroatoms. The molecule has 1 aliphatic carbocycles. The van der Waals surface area contributed by atoms with E-state index in [9.17, 15) is 0 Å². The molecule has 2 aromatic carbocycles. The molecule has 0 bridgehead atoms. The topological polar surface area (TPSA) is 31.4 Å². The molecule has 1 aromatic heterocycles. The summed E-state index contributed by atoms with van der Waals surface area (Å²) in [5.74, 6) is 1.93. The van der Waals surface area contributed by atoms with Crippen molar-refractivity contribution in [2.45, 2.75) is 44.6 Å². The molecule has 28 heavy (non-hydrogen) atoms. The lowest BCUT2D eigenvalue weighted by Gasteiger charge is -2.20. The third-order valence-electron chi connectivity index (χ3n) is 5.70. The Balaban J connectivity index is 1.71. The Morgan fingerprint density at radius 3 is 2.43 bits per heavy atom. The molecule has 144 valence electrons. The number of nitrogens with zero attached hydrogens (tertiary/aromatic N) is 1. The van der Waals surface area contributed by atoms with Crippen molar-refractivity contribution >= 4 is 0 Å². The zero-order valence-electron chi connectivity index (χ0n) is 16.6. The molecule has 0 spiro atoms. The van der Waals surface area contributed by atoms with Gasteiger partial charge in [-0.2, -0.15) is 0 Å². The highest BCUT2D eigenvalue weighted by Crippen LogP contribution is 2.38. The highest BCUT2D eigenvalue weighted by atomic mass is 16.5. The standard InChI is InChI=1S/C25H27NO2/c1-18(19-13-15-26-16-14-19)22-9-5-6-10-23(22)20-11-12-24(27-2)25(17-20)28-21-7-3-4-8-21/h5-6,9-18,21H,3-4,7-8H2,1-2H3. The van der Waals surface area contributed by atoms with Crippen LogP contribution < -0.4 is 9.47 Å². The van der Waals surface area contributed by atoms with Crippen LogP contribution >= 0.6 is 0 Å². The third kappa shape index (κ3) is 3.89. The minimum Gasteiger partial charge on any atom is -0.493 e. The van der Waals surface area contributed by atoms with Gasteiger partial charge in [0.25, 0.3) is 0 Å².